The fourth-order valence-electron chi connectivity index (χ4n) is 4.19. The highest BCUT2D eigenvalue weighted by Gasteiger charge is 2.41. The van der Waals surface area contributed by atoms with Crippen LogP contribution in [0.15, 0.2) is 30.3 Å². The van der Waals surface area contributed by atoms with Crippen LogP contribution >= 0.6 is 0 Å². The molecule has 2 fully saturated rings. The fraction of sp³-hybridized carbons (Fsp3) is 0.684. The molecule has 2 aliphatic rings. The summed E-state index contributed by atoms with van der Waals surface area (Å²) in [6.07, 6.45) is 3.26. The molecule has 0 aromatic heterocycles. The van der Waals surface area contributed by atoms with Crippen molar-refractivity contribution in [3.05, 3.63) is 35.9 Å². The van der Waals surface area contributed by atoms with E-state index in [9.17, 15) is 8.42 Å². The summed E-state index contributed by atoms with van der Waals surface area (Å²) >= 11 is 0. The molecule has 4 nitrogen and oxygen atoms in total. The van der Waals surface area contributed by atoms with Crippen molar-refractivity contribution in [2.24, 2.45) is 5.92 Å². The van der Waals surface area contributed by atoms with Crippen molar-refractivity contribution in [2.45, 2.75) is 38.3 Å². The first-order valence-electron chi connectivity index (χ1n) is 9.04. The van der Waals surface area contributed by atoms with Crippen LogP contribution in [0, 0.1) is 5.92 Å². The molecule has 0 radical (unpaired) electrons. The Morgan fingerprint density at radius 3 is 2.71 bits per heavy atom. The molecule has 1 aromatic carbocycles. The molecule has 2 atom stereocenters. The molecule has 0 unspecified atom stereocenters. The molecule has 1 aromatic rings. The van der Waals surface area contributed by atoms with E-state index < -0.39 is 9.84 Å². The first-order valence-corrected chi connectivity index (χ1v) is 10.9. The molecule has 2 heterocycles. The molecular weight excluding hydrogens is 320 g/mol. The molecule has 0 bridgehead atoms. The lowest BCUT2D eigenvalue weighted by molar-refractivity contribution is 0.0919. The van der Waals surface area contributed by atoms with E-state index in [0.29, 0.717) is 17.4 Å². The van der Waals surface area contributed by atoms with Crippen molar-refractivity contribution in [1.82, 2.24) is 9.80 Å². The Balaban J connectivity index is 1.55. The summed E-state index contributed by atoms with van der Waals surface area (Å²) in [4.78, 5) is 4.86. The predicted octanol–water partition coefficient (Wildman–Crippen LogP) is 2.41. The van der Waals surface area contributed by atoms with Crippen LogP contribution in [0.3, 0.4) is 0 Å². The average molecular weight is 351 g/mol. The quantitative estimate of drug-likeness (QED) is 0.818. The predicted molar refractivity (Wildman–Crippen MR) is 98.7 cm³/mol. The summed E-state index contributed by atoms with van der Waals surface area (Å²) in [5.41, 5.74) is 1.20. The number of piperidine rings is 1. The molecule has 2 saturated heterocycles. The number of nitrogens with zero attached hydrogens (tertiary/aromatic N) is 2. The summed E-state index contributed by atoms with van der Waals surface area (Å²) in [7, 11) is -0.735. The van der Waals surface area contributed by atoms with Crippen LogP contribution in [-0.2, 0) is 16.4 Å². The van der Waals surface area contributed by atoms with Crippen LogP contribution in [0.4, 0.5) is 0 Å². The summed E-state index contributed by atoms with van der Waals surface area (Å²) < 4.78 is 23.7. The molecule has 5 heteroatoms. The van der Waals surface area contributed by atoms with Gasteiger partial charge >= 0.3 is 0 Å². The van der Waals surface area contributed by atoms with Gasteiger partial charge in [-0.1, -0.05) is 30.3 Å². The van der Waals surface area contributed by atoms with E-state index in [1.807, 2.05) is 0 Å². The number of rotatable bonds is 5. The van der Waals surface area contributed by atoms with Crippen molar-refractivity contribution in [2.75, 3.05) is 38.2 Å². The lowest BCUT2D eigenvalue weighted by atomic mass is 9.93. The van der Waals surface area contributed by atoms with Crippen LogP contribution in [0.2, 0.25) is 0 Å². The molecule has 0 saturated carbocycles. The van der Waals surface area contributed by atoms with E-state index >= 15 is 0 Å². The van der Waals surface area contributed by atoms with Gasteiger partial charge in [0.05, 0.1) is 11.5 Å². The maximum atomic E-state index is 11.9. The normalized spacial score (nSPS) is 30.7. The zero-order chi connectivity index (χ0) is 17.2. The Morgan fingerprint density at radius 1 is 1.29 bits per heavy atom. The van der Waals surface area contributed by atoms with Gasteiger partial charge in [-0.25, -0.2) is 8.42 Å². The van der Waals surface area contributed by atoms with Crippen molar-refractivity contribution >= 4 is 9.84 Å². The molecule has 0 N–H and O–H groups in total. The number of sulfone groups is 1. The Labute approximate surface area is 146 Å². The van der Waals surface area contributed by atoms with E-state index in [1.165, 1.54) is 24.9 Å². The largest absolute Gasteiger partial charge is 0.300 e. The summed E-state index contributed by atoms with van der Waals surface area (Å²) in [5, 5.41) is 0. The lowest BCUT2D eigenvalue weighted by Gasteiger charge is -2.40. The van der Waals surface area contributed by atoms with Crippen molar-refractivity contribution in [3.8, 4) is 0 Å². The molecule has 24 heavy (non-hydrogen) atoms. The Hall–Kier alpha value is -0.910. The van der Waals surface area contributed by atoms with Crippen molar-refractivity contribution in [3.63, 3.8) is 0 Å². The third-order valence-corrected chi connectivity index (χ3v) is 7.68. The monoisotopic (exact) mass is 350 g/mol. The van der Waals surface area contributed by atoms with Gasteiger partial charge in [-0.15, -0.1) is 0 Å². The second-order valence-corrected chi connectivity index (χ2v) is 10.1. The van der Waals surface area contributed by atoms with E-state index in [4.69, 9.17) is 0 Å². The number of hydrogen-bond acceptors (Lipinski definition) is 4. The second-order valence-electron chi connectivity index (χ2n) is 7.95. The van der Waals surface area contributed by atoms with Gasteiger partial charge in [0.2, 0.25) is 0 Å². The summed E-state index contributed by atoms with van der Waals surface area (Å²) in [6.45, 7) is 6.41. The Morgan fingerprint density at radius 2 is 2.04 bits per heavy atom. The van der Waals surface area contributed by atoms with Gasteiger partial charge in [0.15, 0.2) is 9.84 Å². The minimum atomic E-state index is -2.84. The van der Waals surface area contributed by atoms with Gasteiger partial charge in [-0.05, 0) is 51.3 Å². The zero-order valence-corrected chi connectivity index (χ0v) is 15.8. The van der Waals surface area contributed by atoms with Crippen molar-refractivity contribution < 1.29 is 8.42 Å². The molecule has 0 aliphatic carbocycles. The summed E-state index contributed by atoms with van der Waals surface area (Å²) in [6, 6.07) is 10.7. The number of likely N-dealkylation sites (tertiary alicyclic amines) is 1. The van der Waals surface area contributed by atoms with Gasteiger partial charge in [0.1, 0.15) is 0 Å². The topological polar surface area (TPSA) is 40.6 Å². The van der Waals surface area contributed by atoms with Gasteiger partial charge < -0.3 is 0 Å². The molecule has 3 rings (SSSR count). The minimum absolute atomic E-state index is 0.180. The van der Waals surface area contributed by atoms with Crippen LogP contribution in [-0.4, -0.2) is 61.9 Å². The van der Waals surface area contributed by atoms with Crippen molar-refractivity contribution in [1.29, 1.82) is 0 Å². The Bertz CT molecular complexity index is 647. The first-order chi connectivity index (χ1) is 11.4. The standard InChI is InChI=1S/C19H30N2O2S/c1-19(10-12-24(22,23)16-19)20(2)13-18-9-6-11-21(15-18)14-17-7-4-3-5-8-17/h3-5,7-8,18H,6,9-16H2,1-2H3/t18-,19+/m0/s1. The van der Waals surface area contributed by atoms with E-state index in [2.05, 4.69) is 54.1 Å². The highest BCUT2D eigenvalue weighted by atomic mass is 32.2. The number of hydrogen-bond donors (Lipinski definition) is 0. The SMILES string of the molecule is CN(C[C@@H]1CCCN(Cc2ccccc2)C1)[C@]1(C)CCS(=O)(=O)C1. The smallest absolute Gasteiger partial charge is 0.152 e. The van der Waals surface area contributed by atoms with Gasteiger partial charge in [-0.3, -0.25) is 9.80 Å². The highest BCUT2D eigenvalue weighted by Crippen LogP contribution is 2.30. The second kappa shape index (κ2) is 7.14. The maximum Gasteiger partial charge on any atom is 0.152 e. The molecular formula is C19H30N2O2S. The summed E-state index contributed by atoms with van der Waals surface area (Å²) in [5.74, 6) is 1.29. The molecule has 0 spiro atoms. The third kappa shape index (κ3) is 4.38. The maximum absolute atomic E-state index is 11.9. The van der Waals surface area contributed by atoms with Gasteiger partial charge in [0.25, 0.3) is 0 Å². The number of benzene rings is 1. The molecule has 134 valence electrons. The van der Waals surface area contributed by atoms with Gasteiger partial charge in [0, 0.05) is 25.2 Å². The van der Waals surface area contributed by atoms with Gasteiger partial charge in [-0.2, -0.15) is 0 Å². The van der Waals surface area contributed by atoms with E-state index in [-0.39, 0.29) is 5.54 Å². The lowest BCUT2D eigenvalue weighted by Crippen LogP contribution is -2.49. The first kappa shape index (κ1) is 17.9. The van der Waals surface area contributed by atoms with E-state index in [0.717, 1.165) is 26.1 Å². The highest BCUT2D eigenvalue weighted by molar-refractivity contribution is 7.91. The third-order valence-electron chi connectivity index (χ3n) is 5.79. The minimum Gasteiger partial charge on any atom is -0.300 e. The zero-order valence-electron chi connectivity index (χ0n) is 14.9. The van der Waals surface area contributed by atoms with Crippen LogP contribution in [0.5, 0.6) is 0 Å². The van der Waals surface area contributed by atoms with Crippen LogP contribution in [0.25, 0.3) is 0 Å². The van der Waals surface area contributed by atoms with Crippen LogP contribution < -0.4 is 0 Å². The average Bonchev–Trinajstić information content (AvgIpc) is 2.83. The fourth-order valence-corrected chi connectivity index (χ4v) is 6.40. The molecule has 2 aliphatic heterocycles. The Kier molecular flexibility index (Phi) is 5.33. The van der Waals surface area contributed by atoms with Crippen LogP contribution in [0.1, 0.15) is 31.7 Å². The molecule has 0 amide bonds. The van der Waals surface area contributed by atoms with E-state index in [1.54, 1.807) is 0 Å².